The van der Waals surface area contributed by atoms with E-state index in [1.54, 1.807) is 0 Å². The smallest absolute Gasteiger partial charge is 0.434 e. The lowest BCUT2D eigenvalue weighted by molar-refractivity contribution is -0.299. The molecule has 0 aliphatic heterocycles. The van der Waals surface area contributed by atoms with E-state index in [4.69, 9.17) is 0 Å². The fourth-order valence-corrected chi connectivity index (χ4v) is 1.26. The summed E-state index contributed by atoms with van der Waals surface area (Å²) in [6.07, 6.45) is -13.0. The lowest BCUT2D eigenvalue weighted by Gasteiger charge is -2.23. The zero-order valence-corrected chi connectivity index (χ0v) is 9.40. The Hall–Kier alpha value is -0.990. The predicted molar refractivity (Wildman–Crippen MR) is 48.5 cm³/mol. The molecular weight excluding hydrogens is 320 g/mol. The number of aromatic nitrogens is 1. The molecule has 2 nitrogen and oxygen atoms in total. The van der Waals surface area contributed by atoms with Gasteiger partial charge in [0.15, 0.2) is 0 Å². The van der Waals surface area contributed by atoms with E-state index in [1.807, 2.05) is 0 Å². The summed E-state index contributed by atoms with van der Waals surface area (Å²) in [6, 6.07) is 0.956. The zero-order chi connectivity index (χ0) is 13.3. The van der Waals surface area contributed by atoms with Crippen molar-refractivity contribution in [3.8, 4) is 5.75 Å². The molecule has 1 aromatic rings. The minimum absolute atomic E-state index is 0.207. The number of halogens is 7. The van der Waals surface area contributed by atoms with Gasteiger partial charge < -0.3 is 4.74 Å². The standard InChI is InChI=1S/C8H4BrF6NO/c9-4-1-5(3-16-2-4)17-6(7(10,11)12)8(13,14)15/h1-3,6H. The molecule has 0 atom stereocenters. The van der Waals surface area contributed by atoms with Gasteiger partial charge in [-0.15, -0.1) is 0 Å². The Morgan fingerprint density at radius 3 is 2.00 bits per heavy atom. The number of nitrogens with zero attached hydrogens (tertiary/aromatic N) is 1. The number of hydrogen-bond acceptors (Lipinski definition) is 2. The zero-order valence-electron chi connectivity index (χ0n) is 7.81. The highest BCUT2D eigenvalue weighted by Gasteiger charge is 2.59. The minimum Gasteiger partial charge on any atom is -0.470 e. The van der Waals surface area contributed by atoms with Gasteiger partial charge in [-0.25, -0.2) is 0 Å². The molecular formula is C8H4BrF6NO. The van der Waals surface area contributed by atoms with E-state index in [0.717, 1.165) is 12.3 Å². The van der Waals surface area contributed by atoms with Crippen molar-refractivity contribution in [2.45, 2.75) is 18.5 Å². The fraction of sp³-hybridized carbons (Fsp3) is 0.375. The van der Waals surface area contributed by atoms with Gasteiger partial charge in [0.25, 0.3) is 6.10 Å². The van der Waals surface area contributed by atoms with Crippen molar-refractivity contribution >= 4 is 15.9 Å². The maximum atomic E-state index is 12.1. The van der Waals surface area contributed by atoms with Crippen molar-refractivity contribution in [2.75, 3.05) is 0 Å². The van der Waals surface area contributed by atoms with Gasteiger partial charge in [-0.1, -0.05) is 0 Å². The number of alkyl halides is 6. The number of rotatable bonds is 2. The van der Waals surface area contributed by atoms with Gasteiger partial charge in [-0.2, -0.15) is 26.3 Å². The molecule has 0 fully saturated rings. The first-order valence-electron chi connectivity index (χ1n) is 4.01. The van der Waals surface area contributed by atoms with Crippen LogP contribution in [0.3, 0.4) is 0 Å². The molecule has 0 saturated carbocycles. The van der Waals surface area contributed by atoms with E-state index in [2.05, 4.69) is 25.7 Å². The van der Waals surface area contributed by atoms with Crippen LogP contribution >= 0.6 is 15.9 Å². The van der Waals surface area contributed by atoms with Crippen LogP contribution in [0.2, 0.25) is 0 Å². The Balaban J connectivity index is 2.96. The van der Waals surface area contributed by atoms with Crippen LogP contribution in [0.15, 0.2) is 22.9 Å². The summed E-state index contributed by atoms with van der Waals surface area (Å²) in [6.45, 7) is 0. The molecule has 0 amide bonds. The van der Waals surface area contributed by atoms with Gasteiger partial charge in [0, 0.05) is 10.7 Å². The molecule has 0 aromatic carbocycles. The summed E-state index contributed by atoms with van der Waals surface area (Å²) in [5, 5.41) is 0. The second kappa shape index (κ2) is 4.71. The SMILES string of the molecule is FC(F)(F)C(Oc1cncc(Br)c1)C(F)(F)F. The van der Waals surface area contributed by atoms with Gasteiger partial charge in [0.1, 0.15) is 5.75 Å². The molecule has 0 N–H and O–H groups in total. The molecule has 0 bridgehead atoms. The van der Waals surface area contributed by atoms with Crippen LogP contribution in [-0.4, -0.2) is 23.4 Å². The quantitative estimate of drug-likeness (QED) is 0.774. The first kappa shape index (κ1) is 14.1. The Labute approximate surface area is 99.7 Å². The average Bonchev–Trinajstić information content (AvgIpc) is 2.10. The van der Waals surface area contributed by atoms with E-state index in [-0.39, 0.29) is 4.47 Å². The molecule has 0 aliphatic rings. The van der Waals surface area contributed by atoms with Crippen LogP contribution in [0.4, 0.5) is 26.3 Å². The number of ether oxygens (including phenoxy) is 1. The topological polar surface area (TPSA) is 22.1 Å². The summed E-state index contributed by atoms with van der Waals surface area (Å²) in [5.41, 5.74) is 0. The van der Waals surface area contributed by atoms with Gasteiger partial charge >= 0.3 is 12.4 Å². The molecule has 1 rings (SSSR count). The molecule has 96 valence electrons. The van der Waals surface area contributed by atoms with E-state index in [0.29, 0.717) is 0 Å². The first-order chi connectivity index (χ1) is 7.60. The maximum absolute atomic E-state index is 12.1. The van der Waals surface area contributed by atoms with Crippen LogP contribution < -0.4 is 4.74 Å². The third kappa shape index (κ3) is 4.06. The minimum atomic E-state index is -5.54. The third-order valence-electron chi connectivity index (χ3n) is 1.53. The first-order valence-corrected chi connectivity index (χ1v) is 4.80. The Morgan fingerprint density at radius 1 is 1.06 bits per heavy atom. The van der Waals surface area contributed by atoms with Gasteiger partial charge in [-0.05, 0) is 22.0 Å². The molecule has 0 radical (unpaired) electrons. The predicted octanol–water partition coefficient (Wildman–Crippen LogP) is 3.72. The third-order valence-corrected chi connectivity index (χ3v) is 1.96. The largest absolute Gasteiger partial charge is 0.470 e. The highest BCUT2D eigenvalue weighted by Crippen LogP contribution is 2.36. The van der Waals surface area contributed by atoms with Gasteiger partial charge in [-0.3, -0.25) is 4.98 Å². The highest BCUT2D eigenvalue weighted by molar-refractivity contribution is 9.10. The summed E-state index contributed by atoms with van der Waals surface area (Å²) in [4.78, 5) is 3.39. The number of hydrogen-bond donors (Lipinski definition) is 0. The normalized spacial score (nSPS) is 12.9. The summed E-state index contributed by atoms with van der Waals surface area (Å²) >= 11 is 2.85. The molecule has 0 spiro atoms. The Morgan fingerprint density at radius 2 is 1.59 bits per heavy atom. The van der Waals surface area contributed by atoms with E-state index in [1.165, 1.54) is 6.20 Å². The molecule has 1 heterocycles. The van der Waals surface area contributed by atoms with Crippen LogP contribution in [0.25, 0.3) is 0 Å². The van der Waals surface area contributed by atoms with Crippen molar-refractivity contribution in [2.24, 2.45) is 0 Å². The van der Waals surface area contributed by atoms with Gasteiger partial charge in [0.05, 0.1) is 6.20 Å². The highest BCUT2D eigenvalue weighted by atomic mass is 79.9. The van der Waals surface area contributed by atoms with E-state index >= 15 is 0 Å². The summed E-state index contributed by atoms with van der Waals surface area (Å²) in [7, 11) is 0. The van der Waals surface area contributed by atoms with Crippen LogP contribution in [-0.2, 0) is 0 Å². The molecule has 17 heavy (non-hydrogen) atoms. The molecule has 0 aliphatic carbocycles. The van der Waals surface area contributed by atoms with E-state index < -0.39 is 24.2 Å². The molecule has 9 heteroatoms. The Bertz CT molecular complexity index is 376. The average molecular weight is 324 g/mol. The number of pyridine rings is 1. The van der Waals surface area contributed by atoms with Crippen LogP contribution in [0.1, 0.15) is 0 Å². The van der Waals surface area contributed by atoms with Crippen molar-refractivity contribution < 1.29 is 31.1 Å². The second-order valence-corrected chi connectivity index (χ2v) is 3.84. The van der Waals surface area contributed by atoms with Crippen molar-refractivity contribution in [3.05, 3.63) is 22.9 Å². The van der Waals surface area contributed by atoms with Gasteiger partial charge in [0.2, 0.25) is 0 Å². The van der Waals surface area contributed by atoms with Crippen molar-refractivity contribution in [1.29, 1.82) is 0 Å². The maximum Gasteiger partial charge on any atom is 0.434 e. The lowest BCUT2D eigenvalue weighted by Crippen LogP contribution is -2.46. The second-order valence-electron chi connectivity index (χ2n) is 2.92. The summed E-state index contributed by atoms with van der Waals surface area (Å²) in [5.74, 6) is -0.626. The van der Waals surface area contributed by atoms with Crippen molar-refractivity contribution in [3.63, 3.8) is 0 Å². The van der Waals surface area contributed by atoms with E-state index in [9.17, 15) is 26.3 Å². The monoisotopic (exact) mass is 323 g/mol. The molecule has 0 unspecified atom stereocenters. The molecule has 1 aromatic heterocycles. The van der Waals surface area contributed by atoms with Crippen LogP contribution in [0, 0.1) is 0 Å². The molecule has 0 saturated heterocycles. The van der Waals surface area contributed by atoms with Crippen LogP contribution in [0.5, 0.6) is 5.75 Å². The van der Waals surface area contributed by atoms with Crippen molar-refractivity contribution in [1.82, 2.24) is 4.98 Å². The summed E-state index contributed by atoms with van der Waals surface area (Å²) < 4.78 is 76.8. The fourth-order valence-electron chi connectivity index (χ4n) is 0.912. The Kier molecular flexibility index (Phi) is 3.90. The lowest BCUT2D eigenvalue weighted by atomic mass is 10.3.